The third-order valence-electron chi connectivity index (χ3n) is 4.03. The molecule has 0 saturated heterocycles. The molecule has 2 aromatic rings. The minimum Gasteiger partial charge on any atom is -0.454 e. The van der Waals surface area contributed by atoms with Gasteiger partial charge in [-0.1, -0.05) is 0 Å². The van der Waals surface area contributed by atoms with Crippen LogP contribution in [-0.2, 0) is 4.74 Å². The number of anilines is 1. The normalized spacial score (nSPS) is 23.6. The van der Waals surface area contributed by atoms with Gasteiger partial charge in [0.05, 0.1) is 6.10 Å². The summed E-state index contributed by atoms with van der Waals surface area (Å²) in [7, 11) is 1.76. The Morgan fingerprint density at radius 2 is 2.05 bits per heavy atom. The number of hydrogen-bond acceptors (Lipinski definition) is 5. The molecule has 1 N–H and O–H groups in total. The number of hydrogen-bond donors (Lipinski definition) is 1. The summed E-state index contributed by atoms with van der Waals surface area (Å²) in [6, 6.07) is 6.42. The third kappa shape index (κ3) is 1.86. The van der Waals surface area contributed by atoms with Gasteiger partial charge in [0.1, 0.15) is 5.82 Å². The van der Waals surface area contributed by atoms with Gasteiger partial charge >= 0.3 is 0 Å². The molecular weight excluding hydrogens is 256 g/mol. The highest BCUT2D eigenvalue weighted by atomic mass is 16.7. The summed E-state index contributed by atoms with van der Waals surface area (Å²) < 4.78 is 16.2. The van der Waals surface area contributed by atoms with Crippen LogP contribution in [0.1, 0.15) is 12.8 Å². The smallest absolute Gasteiger partial charge is 0.231 e. The minimum atomic E-state index is 0.292. The predicted octanol–water partition coefficient (Wildman–Crippen LogP) is 2.55. The lowest BCUT2D eigenvalue weighted by Crippen LogP contribution is -2.40. The standard InChI is InChI=1S/C15H16N2O3/c1-18-11-5-10(6-11)17-15-12-7-14-13(19-8-20-14)4-9(12)2-3-16-15/h2-4,7,10-11H,5-6,8H2,1H3,(H,16,17). The van der Waals surface area contributed by atoms with E-state index < -0.39 is 0 Å². The fraction of sp³-hybridized carbons (Fsp3) is 0.400. The summed E-state index contributed by atoms with van der Waals surface area (Å²) in [4.78, 5) is 4.46. The van der Waals surface area contributed by atoms with Crippen LogP contribution in [0.3, 0.4) is 0 Å². The van der Waals surface area contributed by atoms with Crippen molar-refractivity contribution in [3.63, 3.8) is 0 Å². The van der Waals surface area contributed by atoms with Gasteiger partial charge in [-0.25, -0.2) is 4.98 Å². The quantitative estimate of drug-likeness (QED) is 0.930. The summed E-state index contributed by atoms with van der Waals surface area (Å²) in [6.45, 7) is 0.292. The molecule has 1 saturated carbocycles. The summed E-state index contributed by atoms with van der Waals surface area (Å²) >= 11 is 0. The summed E-state index contributed by atoms with van der Waals surface area (Å²) in [5, 5.41) is 5.66. The van der Waals surface area contributed by atoms with E-state index in [2.05, 4.69) is 10.3 Å². The van der Waals surface area contributed by atoms with Crippen molar-refractivity contribution in [2.45, 2.75) is 25.0 Å². The van der Waals surface area contributed by atoms with Crippen molar-refractivity contribution < 1.29 is 14.2 Å². The Bertz CT molecular complexity index is 653. The van der Waals surface area contributed by atoms with Crippen molar-refractivity contribution in [3.05, 3.63) is 24.4 Å². The van der Waals surface area contributed by atoms with Gasteiger partial charge in [-0.3, -0.25) is 0 Å². The van der Waals surface area contributed by atoms with Crippen molar-refractivity contribution in [3.8, 4) is 11.5 Å². The van der Waals surface area contributed by atoms with E-state index in [0.29, 0.717) is 18.9 Å². The third-order valence-corrected chi connectivity index (χ3v) is 4.03. The van der Waals surface area contributed by atoms with E-state index in [0.717, 1.165) is 40.9 Å². The second kappa shape index (κ2) is 4.52. The van der Waals surface area contributed by atoms with Crippen molar-refractivity contribution in [1.29, 1.82) is 0 Å². The average molecular weight is 272 g/mol. The number of aromatic nitrogens is 1. The monoisotopic (exact) mass is 272 g/mol. The fourth-order valence-electron chi connectivity index (χ4n) is 2.75. The van der Waals surface area contributed by atoms with Crippen LogP contribution in [0.2, 0.25) is 0 Å². The Kier molecular flexibility index (Phi) is 2.67. The van der Waals surface area contributed by atoms with Gasteiger partial charge in [0.2, 0.25) is 6.79 Å². The number of methoxy groups -OCH3 is 1. The van der Waals surface area contributed by atoms with E-state index in [1.807, 2.05) is 24.4 Å². The van der Waals surface area contributed by atoms with Crippen molar-refractivity contribution in [2.75, 3.05) is 19.2 Å². The lowest BCUT2D eigenvalue weighted by Gasteiger charge is -2.35. The van der Waals surface area contributed by atoms with Crippen LogP contribution in [0.5, 0.6) is 11.5 Å². The van der Waals surface area contributed by atoms with E-state index in [9.17, 15) is 0 Å². The molecule has 4 rings (SSSR count). The summed E-state index contributed by atoms with van der Waals surface area (Å²) in [6.07, 6.45) is 4.25. The Balaban J connectivity index is 1.66. The molecule has 1 aliphatic heterocycles. The second-order valence-electron chi connectivity index (χ2n) is 5.26. The molecule has 104 valence electrons. The first-order chi connectivity index (χ1) is 9.83. The molecule has 0 amide bonds. The Morgan fingerprint density at radius 3 is 2.85 bits per heavy atom. The predicted molar refractivity (Wildman–Crippen MR) is 75.3 cm³/mol. The number of benzene rings is 1. The molecule has 1 aromatic carbocycles. The zero-order valence-corrected chi connectivity index (χ0v) is 11.3. The molecule has 1 aliphatic carbocycles. The number of fused-ring (bicyclic) bond motifs is 2. The maximum absolute atomic E-state index is 5.44. The minimum absolute atomic E-state index is 0.292. The van der Waals surface area contributed by atoms with Gasteiger partial charge in [-0.15, -0.1) is 0 Å². The first kappa shape index (κ1) is 11.8. The molecule has 20 heavy (non-hydrogen) atoms. The molecule has 1 fully saturated rings. The first-order valence-electron chi connectivity index (χ1n) is 6.81. The molecule has 5 nitrogen and oxygen atoms in total. The van der Waals surface area contributed by atoms with Crippen molar-refractivity contribution in [2.24, 2.45) is 0 Å². The van der Waals surface area contributed by atoms with Gasteiger partial charge in [0, 0.05) is 24.7 Å². The molecular formula is C15H16N2O3. The topological polar surface area (TPSA) is 52.6 Å². The van der Waals surface area contributed by atoms with Crippen LogP contribution in [0.25, 0.3) is 10.8 Å². The van der Waals surface area contributed by atoms with E-state index in [1.54, 1.807) is 7.11 Å². The Morgan fingerprint density at radius 1 is 1.25 bits per heavy atom. The maximum Gasteiger partial charge on any atom is 0.231 e. The number of nitrogens with zero attached hydrogens (tertiary/aromatic N) is 1. The van der Waals surface area contributed by atoms with Gasteiger partial charge in [0.15, 0.2) is 11.5 Å². The number of nitrogens with one attached hydrogen (secondary N) is 1. The molecule has 0 spiro atoms. The highest BCUT2D eigenvalue weighted by molar-refractivity contribution is 5.94. The molecule has 0 radical (unpaired) electrons. The Labute approximate surface area is 116 Å². The van der Waals surface area contributed by atoms with Crippen LogP contribution in [-0.4, -0.2) is 31.0 Å². The summed E-state index contributed by atoms with van der Waals surface area (Å²) in [5.74, 6) is 2.50. The van der Waals surface area contributed by atoms with E-state index >= 15 is 0 Å². The largest absolute Gasteiger partial charge is 0.454 e. The van der Waals surface area contributed by atoms with Crippen LogP contribution >= 0.6 is 0 Å². The van der Waals surface area contributed by atoms with Crippen molar-refractivity contribution in [1.82, 2.24) is 4.98 Å². The average Bonchev–Trinajstić information content (AvgIpc) is 2.87. The summed E-state index contributed by atoms with van der Waals surface area (Å²) in [5.41, 5.74) is 0. The number of rotatable bonds is 3. The van der Waals surface area contributed by atoms with Crippen LogP contribution in [0.4, 0.5) is 5.82 Å². The SMILES string of the molecule is COC1CC(Nc2nccc3cc4c(cc23)OCO4)C1. The van der Waals surface area contributed by atoms with Gasteiger partial charge in [0.25, 0.3) is 0 Å². The molecule has 0 bridgehead atoms. The van der Waals surface area contributed by atoms with Gasteiger partial charge < -0.3 is 19.5 Å². The molecule has 1 aromatic heterocycles. The van der Waals surface area contributed by atoms with Crippen LogP contribution in [0.15, 0.2) is 24.4 Å². The van der Waals surface area contributed by atoms with Crippen LogP contribution < -0.4 is 14.8 Å². The zero-order valence-electron chi connectivity index (χ0n) is 11.3. The molecule has 0 unspecified atom stereocenters. The lowest BCUT2D eigenvalue weighted by molar-refractivity contribution is 0.0328. The van der Waals surface area contributed by atoms with E-state index in [-0.39, 0.29) is 0 Å². The molecule has 5 heteroatoms. The van der Waals surface area contributed by atoms with Gasteiger partial charge in [-0.05, 0) is 36.4 Å². The number of ether oxygens (including phenoxy) is 3. The fourth-order valence-corrected chi connectivity index (χ4v) is 2.75. The zero-order chi connectivity index (χ0) is 13.5. The maximum atomic E-state index is 5.44. The highest BCUT2D eigenvalue weighted by Crippen LogP contribution is 2.38. The van der Waals surface area contributed by atoms with E-state index in [4.69, 9.17) is 14.2 Å². The number of pyridine rings is 1. The first-order valence-corrected chi connectivity index (χ1v) is 6.81. The van der Waals surface area contributed by atoms with Crippen molar-refractivity contribution >= 4 is 16.6 Å². The van der Waals surface area contributed by atoms with E-state index in [1.165, 1.54) is 0 Å². The van der Waals surface area contributed by atoms with Gasteiger partial charge in [-0.2, -0.15) is 0 Å². The highest BCUT2D eigenvalue weighted by Gasteiger charge is 2.29. The lowest BCUT2D eigenvalue weighted by atomic mass is 9.89. The Hall–Kier alpha value is -2.01. The molecule has 0 atom stereocenters. The molecule has 2 aliphatic rings. The van der Waals surface area contributed by atoms with Crippen LogP contribution in [0, 0.1) is 0 Å². The molecule has 2 heterocycles. The second-order valence-corrected chi connectivity index (χ2v) is 5.26.